The fourth-order valence-corrected chi connectivity index (χ4v) is 3.19. The fraction of sp³-hybridized carbons (Fsp3) is 0.167. The van der Waals surface area contributed by atoms with Crippen LogP contribution in [0.1, 0.15) is 18.4 Å². The minimum atomic E-state index is -0.234. The van der Waals surface area contributed by atoms with Crippen LogP contribution < -0.4 is 14.8 Å². The lowest BCUT2D eigenvalue weighted by Crippen LogP contribution is -2.17. The topological polar surface area (TPSA) is 102 Å². The number of benzene rings is 2. The Morgan fingerprint density at radius 3 is 2.66 bits per heavy atom. The van der Waals surface area contributed by atoms with Gasteiger partial charge in [-0.2, -0.15) is 15.0 Å². The van der Waals surface area contributed by atoms with Gasteiger partial charge in [0.15, 0.2) is 11.6 Å². The van der Waals surface area contributed by atoms with Crippen molar-refractivity contribution in [1.82, 2.24) is 14.8 Å². The number of carbonyl (C=O) groups excluding carboxylic acids is 1. The molecule has 8 nitrogen and oxygen atoms in total. The van der Waals surface area contributed by atoms with Crippen LogP contribution in [0, 0.1) is 11.3 Å². The number of nitrogens with one attached hydrogen (secondary N) is 1. The first kappa shape index (κ1) is 20.9. The van der Waals surface area contributed by atoms with Crippen LogP contribution in [0.25, 0.3) is 16.7 Å². The molecule has 2 aromatic carbocycles. The van der Waals surface area contributed by atoms with Gasteiger partial charge in [0.05, 0.1) is 25.4 Å². The largest absolute Gasteiger partial charge is 0.497 e. The summed E-state index contributed by atoms with van der Waals surface area (Å²) in [5.41, 5.74) is 1.06. The molecule has 1 amide bonds. The summed E-state index contributed by atoms with van der Waals surface area (Å²) < 4.78 is 12.2. The molecule has 4 rings (SSSR count). The minimum absolute atomic E-state index is 0.233. The smallest absolute Gasteiger partial charge is 0.225 e. The van der Waals surface area contributed by atoms with E-state index in [2.05, 4.69) is 21.5 Å². The SMILES string of the molecule is COc1ccc(OCCCC(=O)Nc2c(C#N)cnn2-c2ccc3ccccc3n2)cc1. The first-order valence-electron chi connectivity index (χ1n) is 10.1. The van der Waals surface area contributed by atoms with Crippen molar-refractivity contribution in [3.8, 4) is 23.4 Å². The Labute approximate surface area is 185 Å². The molecular formula is C24H21N5O3. The highest BCUT2D eigenvalue weighted by Crippen LogP contribution is 2.21. The number of nitrogens with zero attached hydrogens (tertiary/aromatic N) is 4. The van der Waals surface area contributed by atoms with E-state index < -0.39 is 0 Å². The lowest BCUT2D eigenvalue weighted by Gasteiger charge is -2.10. The molecule has 0 saturated heterocycles. The molecule has 1 N–H and O–H groups in total. The Morgan fingerprint density at radius 1 is 1.09 bits per heavy atom. The maximum Gasteiger partial charge on any atom is 0.225 e. The molecule has 0 unspecified atom stereocenters. The predicted molar refractivity (Wildman–Crippen MR) is 120 cm³/mol. The highest BCUT2D eigenvalue weighted by molar-refractivity contribution is 5.91. The van der Waals surface area contributed by atoms with E-state index in [-0.39, 0.29) is 17.9 Å². The number of fused-ring (bicyclic) bond motifs is 1. The van der Waals surface area contributed by atoms with Crippen LogP contribution in [0.4, 0.5) is 5.82 Å². The molecule has 0 aliphatic rings. The number of hydrogen-bond donors (Lipinski definition) is 1. The summed E-state index contributed by atoms with van der Waals surface area (Å²) in [6, 6.07) is 20.7. The molecule has 0 fully saturated rings. The molecule has 160 valence electrons. The van der Waals surface area contributed by atoms with E-state index in [4.69, 9.17) is 9.47 Å². The summed E-state index contributed by atoms with van der Waals surface area (Å²) >= 11 is 0. The third-order valence-electron chi connectivity index (χ3n) is 4.82. The maximum atomic E-state index is 12.5. The lowest BCUT2D eigenvalue weighted by atomic mass is 10.2. The molecule has 2 aromatic heterocycles. The number of ether oxygens (including phenoxy) is 2. The number of carbonyl (C=O) groups is 1. The van der Waals surface area contributed by atoms with Crippen molar-refractivity contribution in [3.63, 3.8) is 0 Å². The van der Waals surface area contributed by atoms with Crippen LogP contribution in [0.2, 0.25) is 0 Å². The molecule has 32 heavy (non-hydrogen) atoms. The lowest BCUT2D eigenvalue weighted by molar-refractivity contribution is -0.116. The van der Waals surface area contributed by atoms with Crippen LogP contribution in [0.15, 0.2) is 66.9 Å². The van der Waals surface area contributed by atoms with Gasteiger partial charge >= 0.3 is 0 Å². The zero-order chi connectivity index (χ0) is 22.3. The molecule has 0 saturated carbocycles. The second-order valence-corrected chi connectivity index (χ2v) is 6.97. The summed E-state index contributed by atoms with van der Waals surface area (Å²) in [7, 11) is 1.61. The summed E-state index contributed by atoms with van der Waals surface area (Å²) in [5.74, 6) is 2.04. The summed E-state index contributed by atoms with van der Waals surface area (Å²) in [4.78, 5) is 17.1. The molecule has 0 spiro atoms. The van der Waals surface area contributed by atoms with E-state index in [0.29, 0.717) is 30.4 Å². The van der Waals surface area contributed by atoms with Crippen molar-refractivity contribution in [2.45, 2.75) is 12.8 Å². The standard InChI is InChI=1S/C24H21N5O3/c1-31-19-9-11-20(12-10-19)32-14-4-7-23(30)28-24-18(15-25)16-26-29(24)22-13-8-17-5-2-3-6-21(17)27-22/h2-3,5-6,8-13,16H,4,7,14H2,1H3,(H,28,30). The Kier molecular flexibility index (Phi) is 6.28. The first-order valence-corrected chi connectivity index (χ1v) is 10.1. The van der Waals surface area contributed by atoms with Crippen LogP contribution in [-0.2, 0) is 4.79 Å². The zero-order valence-electron chi connectivity index (χ0n) is 17.5. The van der Waals surface area contributed by atoms with Crippen molar-refractivity contribution >= 4 is 22.6 Å². The first-order chi connectivity index (χ1) is 15.7. The number of aromatic nitrogens is 3. The number of pyridine rings is 1. The molecule has 0 aliphatic carbocycles. The van der Waals surface area contributed by atoms with Gasteiger partial charge in [0.25, 0.3) is 0 Å². The molecule has 0 atom stereocenters. The van der Waals surface area contributed by atoms with E-state index in [1.807, 2.05) is 54.6 Å². The molecule has 2 heterocycles. The molecule has 0 aliphatic heterocycles. The monoisotopic (exact) mass is 427 g/mol. The number of amides is 1. The number of methoxy groups -OCH3 is 1. The Hall–Kier alpha value is -4.38. The van der Waals surface area contributed by atoms with Gasteiger partial charge < -0.3 is 14.8 Å². The number of anilines is 1. The van der Waals surface area contributed by atoms with Gasteiger partial charge in [-0.3, -0.25) is 4.79 Å². The van der Waals surface area contributed by atoms with Gasteiger partial charge in [0, 0.05) is 11.8 Å². The quantitative estimate of drug-likeness (QED) is 0.425. The molecule has 4 aromatic rings. The van der Waals surface area contributed by atoms with Crippen LogP contribution in [-0.4, -0.2) is 34.4 Å². The van der Waals surface area contributed by atoms with Gasteiger partial charge in [-0.15, -0.1) is 0 Å². The number of rotatable bonds is 8. The molecule has 0 radical (unpaired) electrons. The number of hydrogen-bond acceptors (Lipinski definition) is 6. The van der Waals surface area contributed by atoms with E-state index >= 15 is 0 Å². The van der Waals surface area contributed by atoms with Gasteiger partial charge in [-0.1, -0.05) is 18.2 Å². The van der Waals surface area contributed by atoms with Gasteiger partial charge in [-0.25, -0.2) is 4.98 Å². The van der Waals surface area contributed by atoms with Crippen molar-refractivity contribution in [2.24, 2.45) is 0 Å². The Morgan fingerprint density at radius 2 is 1.88 bits per heavy atom. The fourth-order valence-electron chi connectivity index (χ4n) is 3.19. The van der Waals surface area contributed by atoms with Crippen molar-refractivity contribution in [3.05, 3.63) is 72.4 Å². The van der Waals surface area contributed by atoms with Crippen LogP contribution in [0.5, 0.6) is 11.5 Å². The van der Waals surface area contributed by atoms with E-state index in [0.717, 1.165) is 16.7 Å². The highest BCUT2D eigenvalue weighted by Gasteiger charge is 2.16. The van der Waals surface area contributed by atoms with Gasteiger partial charge in [0.1, 0.15) is 23.1 Å². The predicted octanol–water partition coefficient (Wildman–Crippen LogP) is 4.10. The van der Waals surface area contributed by atoms with Gasteiger partial charge in [0.2, 0.25) is 5.91 Å². The second kappa shape index (κ2) is 9.62. The van der Waals surface area contributed by atoms with Crippen LogP contribution in [0.3, 0.4) is 0 Å². The van der Waals surface area contributed by atoms with E-state index in [1.165, 1.54) is 10.9 Å². The number of nitriles is 1. The van der Waals surface area contributed by atoms with E-state index in [1.54, 1.807) is 13.2 Å². The zero-order valence-corrected chi connectivity index (χ0v) is 17.5. The molecular weight excluding hydrogens is 406 g/mol. The normalized spacial score (nSPS) is 10.5. The average Bonchev–Trinajstić information content (AvgIpc) is 3.24. The van der Waals surface area contributed by atoms with Gasteiger partial charge in [-0.05, 0) is 48.9 Å². The minimum Gasteiger partial charge on any atom is -0.497 e. The Balaban J connectivity index is 1.40. The third kappa shape index (κ3) is 4.68. The van der Waals surface area contributed by atoms with E-state index in [9.17, 15) is 10.1 Å². The summed E-state index contributed by atoms with van der Waals surface area (Å²) in [5, 5.41) is 17.5. The summed E-state index contributed by atoms with van der Waals surface area (Å²) in [6.07, 6.45) is 2.17. The highest BCUT2D eigenvalue weighted by atomic mass is 16.5. The Bertz CT molecular complexity index is 1280. The second-order valence-electron chi connectivity index (χ2n) is 6.97. The third-order valence-corrected chi connectivity index (χ3v) is 4.82. The molecule has 0 bridgehead atoms. The average molecular weight is 427 g/mol. The molecule has 8 heteroatoms. The van der Waals surface area contributed by atoms with Crippen LogP contribution >= 0.6 is 0 Å². The maximum absolute atomic E-state index is 12.5. The summed E-state index contributed by atoms with van der Waals surface area (Å²) in [6.45, 7) is 0.385. The van der Waals surface area contributed by atoms with Crippen molar-refractivity contribution < 1.29 is 14.3 Å². The van der Waals surface area contributed by atoms with Crippen molar-refractivity contribution in [2.75, 3.05) is 19.0 Å². The number of para-hydroxylation sites is 1. The van der Waals surface area contributed by atoms with Crippen molar-refractivity contribution in [1.29, 1.82) is 5.26 Å².